The Kier molecular flexibility index (Phi) is 7.86. The molecule has 0 aliphatic carbocycles. The van der Waals surface area contributed by atoms with Gasteiger partial charge in [-0.2, -0.15) is 0 Å². The standard InChI is InChI=1S/C23H37N5O3/c1-18-24-17-19-20(29)9-12-27(21(19)25-18)11-8-6-5-7-10-26-13-15-28(16-14-26)22(30)31-23(2,3)4/h17H,5-16H2,1-4H3. The number of ether oxygens (including phenoxy) is 1. The molecule has 0 aromatic carbocycles. The predicted molar refractivity (Wildman–Crippen MR) is 121 cm³/mol. The highest BCUT2D eigenvalue weighted by atomic mass is 16.6. The molecule has 0 bridgehead atoms. The number of piperazine rings is 1. The zero-order valence-corrected chi connectivity index (χ0v) is 19.5. The van der Waals surface area contributed by atoms with Crippen molar-refractivity contribution in [3.05, 3.63) is 17.6 Å². The number of unbranched alkanes of at least 4 members (excludes halogenated alkanes) is 3. The topological polar surface area (TPSA) is 78.9 Å². The van der Waals surface area contributed by atoms with Crippen LogP contribution in [0, 0.1) is 6.92 Å². The second kappa shape index (κ2) is 10.4. The van der Waals surface area contributed by atoms with E-state index in [0.29, 0.717) is 17.8 Å². The molecule has 3 heterocycles. The Hall–Kier alpha value is -2.22. The van der Waals surface area contributed by atoms with Gasteiger partial charge in [0, 0.05) is 51.9 Å². The molecular formula is C23H37N5O3. The highest BCUT2D eigenvalue weighted by Crippen LogP contribution is 2.24. The number of fused-ring (bicyclic) bond motifs is 1. The van der Waals surface area contributed by atoms with Gasteiger partial charge in [0.2, 0.25) is 0 Å². The van der Waals surface area contributed by atoms with Crippen LogP contribution in [0.1, 0.15) is 69.1 Å². The molecule has 1 fully saturated rings. The Morgan fingerprint density at radius 1 is 1.03 bits per heavy atom. The fourth-order valence-corrected chi connectivity index (χ4v) is 4.06. The summed E-state index contributed by atoms with van der Waals surface area (Å²) in [5.74, 6) is 1.68. The Bertz CT molecular complexity index is 769. The van der Waals surface area contributed by atoms with Crippen LogP contribution in [0.2, 0.25) is 0 Å². The van der Waals surface area contributed by atoms with Gasteiger partial charge >= 0.3 is 6.09 Å². The summed E-state index contributed by atoms with van der Waals surface area (Å²) in [7, 11) is 0. The van der Waals surface area contributed by atoms with E-state index in [1.54, 1.807) is 6.20 Å². The SMILES string of the molecule is Cc1ncc2c(n1)N(CCCCCCN1CCN(C(=O)OC(C)(C)C)CC1)CCC2=O. The zero-order chi connectivity index (χ0) is 22.4. The summed E-state index contributed by atoms with van der Waals surface area (Å²) in [6.07, 6.45) is 6.65. The number of anilines is 1. The molecule has 3 rings (SSSR count). The van der Waals surface area contributed by atoms with Gasteiger partial charge in [0.1, 0.15) is 17.2 Å². The fourth-order valence-electron chi connectivity index (χ4n) is 4.06. The Morgan fingerprint density at radius 2 is 1.71 bits per heavy atom. The molecule has 0 atom stereocenters. The lowest BCUT2D eigenvalue weighted by atomic mass is 10.0. The van der Waals surface area contributed by atoms with Gasteiger partial charge in [0.25, 0.3) is 0 Å². The quantitative estimate of drug-likeness (QED) is 0.613. The first-order chi connectivity index (χ1) is 14.7. The van der Waals surface area contributed by atoms with Crippen molar-refractivity contribution >= 4 is 17.7 Å². The molecule has 0 N–H and O–H groups in total. The van der Waals surface area contributed by atoms with E-state index in [0.717, 1.165) is 58.1 Å². The number of hydrogen-bond acceptors (Lipinski definition) is 7. The van der Waals surface area contributed by atoms with Crippen LogP contribution in [0.15, 0.2) is 6.20 Å². The number of rotatable bonds is 7. The van der Waals surface area contributed by atoms with Gasteiger partial charge in [0.15, 0.2) is 5.78 Å². The van der Waals surface area contributed by atoms with Crippen molar-refractivity contribution in [2.75, 3.05) is 50.7 Å². The molecule has 8 heteroatoms. The molecule has 0 saturated carbocycles. The molecule has 0 unspecified atom stereocenters. The van der Waals surface area contributed by atoms with Crippen molar-refractivity contribution in [1.29, 1.82) is 0 Å². The third kappa shape index (κ3) is 6.89. The first-order valence-electron chi connectivity index (χ1n) is 11.5. The van der Waals surface area contributed by atoms with Crippen LogP contribution in [-0.2, 0) is 4.74 Å². The summed E-state index contributed by atoms with van der Waals surface area (Å²) in [5, 5.41) is 0. The average molecular weight is 432 g/mol. The zero-order valence-electron chi connectivity index (χ0n) is 19.5. The van der Waals surface area contributed by atoms with Crippen LogP contribution in [0.4, 0.5) is 10.6 Å². The van der Waals surface area contributed by atoms with E-state index in [-0.39, 0.29) is 11.9 Å². The molecule has 31 heavy (non-hydrogen) atoms. The van der Waals surface area contributed by atoms with Crippen LogP contribution >= 0.6 is 0 Å². The molecular weight excluding hydrogens is 394 g/mol. The van der Waals surface area contributed by atoms with Crippen molar-refractivity contribution in [2.45, 2.75) is 65.4 Å². The van der Waals surface area contributed by atoms with Gasteiger partial charge in [-0.3, -0.25) is 9.69 Å². The van der Waals surface area contributed by atoms with Gasteiger partial charge in [-0.05, 0) is 47.1 Å². The number of aryl methyl sites for hydroxylation is 1. The minimum absolute atomic E-state index is 0.151. The summed E-state index contributed by atoms with van der Waals surface area (Å²) < 4.78 is 5.46. The Labute approximate surface area is 186 Å². The molecule has 172 valence electrons. The smallest absolute Gasteiger partial charge is 0.410 e. The maximum Gasteiger partial charge on any atom is 0.410 e. The largest absolute Gasteiger partial charge is 0.444 e. The van der Waals surface area contributed by atoms with Crippen LogP contribution in [0.25, 0.3) is 0 Å². The van der Waals surface area contributed by atoms with Crippen molar-refractivity contribution in [3.8, 4) is 0 Å². The first-order valence-corrected chi connectivity index (χ1v) is 11.5. The molecule has 1 aromatic rings. The number of aromatic nitrogens is 2. The third-order valence-electron chi connectivity index (χ3n) is 5.77. The molecule has 8 nitrogen and oxygen atoms in total. The molecule has 2 aliphatic heterocycles. The second-order valence-electron chi connectivity index (χ2n) is 9.54. The molecule has 0 radical (unpaired) electrons. The Balaban J connectivity index is 1.30. The van der Waals surface area contributed by atoms with E-state index >= 15 is 0 Å². The molecule has 0 spiro atoms. The van der Waals surface area contributed by atoms with Crippen molar-refractivity contribution < 1.29 is 14.3 Å². The lowest BCUT2D eigenvalue weighted by molar-refractivity contribution is 0.0144. The van der Waals surface area contributed by atoms with Crippen LogP contribution in [0.5, 0.6) is 0 Å². The van der Waals surface area contributed by atoms with Gasteiger partial charge in [-0.1, -0.05) is 12.8 Å². The van der Waals surface area contributed by atoms with E-state index in [9.17, 15) is 9.59 Å². The van der Waals surface area contributed by atoms with Gasteiger partial charge in [0.05, 0.1) is 5.56 Å². The molecule has 2 aliphatic rings. The van der Waals surface area contributed by atoms with E-state index in [2.05, 4.69) is 19.8 Å². The highest BCUT2D eigenvalue weighted by Gasteiger charge is 2.26. The summed E-state index contributed by atoms with van der Waals surface area (Å²) in [6.45, 7) is 13.6. The number of amides is 1. The first kappa shape index (κ1) is 23.4. The number of carbonyl (C=O) groups is 2. The number of ketones is 1. The van der Waals surface area contributed by atoms with Crippen LogP contribution in [0.3, 0.4) is 0 Å². The van der Waals surface area contributed by atoms with Crippen LogP contribution < -0.4 is 4.90 Å². The normalized spacial score (nSPS) is 17.6. The minimum atomic E-state index is -0.439. The second-order valence-corrected chi connectivity index (χ2v) is 9.54. The fraction of sp³-hybridized carbons (Fsp3) is 0.739. The van der Waals surface area contributed by atoms with Crippen LogP contribution in [-0.4, -0.2) is 83.1 Å². The van der Waals surface area contributed by atoms with E-state index in [1.807, 2.05) is 32.6 Å². The molecule has 1 saturated heterocycles. The summed E-state index contributed by atoms with van der Waals surface area (Å²) >= 11 is 0. The molecule has 1 aromatic heterocycles. The van der Waals surface area contributed by atoms with E-state index in [1.165, 1.54) is 19.3 Å². The predicted octanol–water partition coefficient (Wildman–Crippen LogP) is 3.29. The number of carbonyl (C=O) groups excluding carboxylic acids is 2. The summed E-state index contributed by atoms with van der Waals surface area (Å²) in [4.78, 5) is 39.4. The number of hydrogen-bond donors (Lipinski definition) is 0. The molecule has 1 amide bonds. The van der Waals surface area contributed by atoms with E-state index < -0.39 is 5.60 Å². The Morgan fingerprint density at radius 3 is 2.39 bits per heavy atom. The lowest BCUT2D eigenvalue weighted by Crippen LogP contribution is -2.50. The lowest BCUT2D eigenvalue weighted by Gasteiger charge is -2.35. The summed E-state index contributed by atoms with van der Waals surface area (Å²) in [5.41, 5.74) is 0.230. The van der Waals surface area contributed by atoms with Crippen molar-refractivity contribution in [1.82, 2.24) is 19.8 Å². The maximum absolute atomic E-state index is 12.2. The van der Waals surface area contributed by atoms with Gasteiger partial charge in [-0.15, -0.1) is 0 Å². The minimum Gasteiger partial charge on any atom is -0.444 e. The summed E-state index contributed by atoms with van der Waals surface area (Å²) in [6, 6.07) is 0. The number of Topliss-reactive ketones (excluding diaryl/α,β-unsaturated/α-hetero) is 1. The third-order valence-corrected chi connectivity index (χ3v) is 5.77. The van der Waals surface area contributed by atoms with Gasteiger partial charge in [-0.25, -0.2) is 14.8 Å². The van der Waals surface area contributed by atoms with Crippen molar-refractivity contribution in [3.63, 3.8) is 0 Å². The van der Waals surface area contributed by atoms with Crippen molar-refractivity contribution in [2.24, 2.45) is 0 Å². The van der Waals surface area contributed by atoms with E-state index in [4.69, 9.17) is 4.74 Å². The number of nitrogens with zero attached hydrogens (tertiary/aromatic N) is 5. The van der Waals surface area contributed by atoms with Gasteiger partial charge < -0.3 is 14.5 Å². The monoisotopic (exact) mass is 431 g/mol. The maximum atomic E-state index is 12.2. The average Bonchev–Trinajstić information content (AvgIpc) is 2.71. The highest BCUT2D eigenvalue weighted by molar-refractivity contribution is 6.02.